The van der Waals surface area contributed by atoms with Crippen LogP contribution in [0.15, 0.2) is 40.6 Å². The Balaban J connectivity index is 1.17. The number of aromatic nitrogens is 3. The minimum Gasteiger partial charge on any atom is -0.342 e. The normalized spacial score (nSPS) is 22.2. The summed E-state index contributed by atoms with van der Waals surface area (Å²) in [5.41, 5.74) is 1.52. The number of aromatic amines is 1. The predicted octanol–water partition coefficient (Wildman–Crippen LogP) is 1.91. The van der Waals surface area contributed by atoms with Gasteiger partial charge in [0.25, 0.3) is 0 Å². The number of rotatable bonds is 5. The van der Waals surface area contributed by atoms with Gasteiger partial charge in [0.2, 0.25) is 5.91 Å². The van der Waals surface area contributed by atoms with Crippen LogP contribution >= 0.6 is 11.3 Å². The van der Waals surface area contributed by atoms with Gasteiger partial charge < -0.3 is 9.88 Å². The average Bonchev–Trinajstić information content (AvgIpc) is 3.31. The van der Waals surface area contributed by atoms with E-state index in [0.29, 0.717) is 24.9 Å². The second kappa shape index (κ2) is 7.18. The van der Waals surface area contributed by atoms with Gasteiger partial charge in [-0.25, -0.2) is 9.78 Å². The van der Waals surface area contributed by atoms with E-state index >= 15 is 0 Å². The van der Waals surface area contributed by atoms with Gasteiger partial charge in [-0.15, -0.1) is 11.3 Å². The van der Waals surface area contributed by atoms with E-state index in [-0.39, 0.29) is 11.6 Å². The fourth-order valence-electron chi connectivity index (χ4n) is 4.59. The third kappa shape index (κ3) is 3.16. The second-order valence-corrected chi connectivity index (χ2v) is 8.64. The molecule has 2 atom stereocenters. The zero-order valence-electron chi connectivity index (χ0n) is 15.6. The molecule has 2 aliphatic heterocycles. The molecular weight excluding hydrogens is 374 g/mol. The molecule has 2 saturated heterocycles. The lowest BCUT2D eigenvalue weighted by atomic mass is 9.82. The first-order chi connectivity index (χ1) is 13.7. The third-order valence-corrected chi connectivity index (χ3v) is 6.80. The van der Waals surface area contributed by atoms with E-state index in [9.17, 15) is 9.59 Å². The van der Waals surface area contributed by atoms with Crippen molar-refractivity contribution >= 4 is 28.3 Å². The Morgan fingerprint density at radius 3 is 3.00 bits per heavy atom. The first kappa shape index (κ1) is 17.6. The Kier molecular flexibility index (Phi) is 4.52. The van der Waals surface area contributed by atoms with E-state index in [0.717, 1.165) is 43.6 Å². The molecule has 8 heteroatoms. The summed E-state index contributed by atoms with van der Waals surface area (Å²) in [5, 5.41) is 3.19. The highest BCUT2D eigenvalue weighted by molar-refractivity contribution is 7.09. The van der Waals surface area contributed by atoms with Gasteiger partial charge in [0.1, 0.15) is 5.01 Å². The lowest BCUT2D eigenvalue weighted by Crippen LogP contribution is -2.63. The molecule has 2 aromatic heterocycles. The molecule has 0 bridgehead atoms. The summed E-state index contributed by atoms with van der Waals surface area (Å²) < 4.78 is 1.67. The van der Waals surface area contributed by atoms with Crippen LogP contribution in [0.25, 0.3) is 11.0 Å². The van der Waals surface area contributed by atoms with Crippen LogP contribution in [0.4, 0.5) is 0 Å². The Bertz CT molecular complexity index is 1040. The van der Waals surface area contributed by atoms with Crippen LogP contribution < -0.4 is 5.69 Å². The molecule has 2 aliphatic rings. The molecule has 3 aromatic rings. The summed E-state index contributed by atoms with van der Waals surface area (Å²) in [6, 6.07) is 8.17. The van der Waals surface area contributed by atoms with Gasteiger partial charge in [0.05, 0.1) is 17.6 Å². The van der Waals surface area contributed by atoms with Crippen LogP contribution in [-0.4, -0.2) is 55.9 Å². The molecule has 1 aromatic carbocycles. The number of carbonyl (C=O) groups is 1. The van der Waals surface area contributed by atoms with Crippen LogP contribution in [0.3, 0.4) is 0 Å². The molecular formula is C20H23N5O2S. The van der Waals surface area contributed by atoms with E-state index in [1.807, 2.05) is 40.7 Å². The minimum atomic E-state index is -0.149. The number of hydrogen-bond acceptors (Lipinski definition) is 5. The average molecular weight is 398 g/mol. The highest BCUT2D eigenvalue weighted by atomic mass is 32.1. The van der Waals surface area contributed by atoms with Crippen molar-refractivity contribution in [2.45, 2.75) is 32.0 Å². The maximum absolute atomic E-state index is 12.7. The number of piperidine rings is 1. The molecule has 2 fully saturated rings. The number of nitrogens with one attached hydrogen (secondary N) is 1. The number of aryl methyl sites for hydroxylation is 1. The molecule has 1 amide bonds. The van der Waals surface area contributed by atoms with Gasteiger partial charge in [-0.05, 0) is 18.6 Å². The Hall–Kier alpha value is -2.45. The zero-order valence-corrected chi connectivity index (χ0v) is 16.4. The fourth-order valence-corrected chi connectivity index (χ4v) is 5.23. The molecule has 0 radical (unpaired) electrons. The first-order valence-electron chi connectivity index (χ1n) is 9.77. The molecule has 1 N–H and O–H groups in total. The number of amides is 1. The van der Waals surface area contributed by atoms with Gasteiger partial charge in [0.15, 0.2) is 0 Å². The van der Waals surface area contributed by atoms with E-state index < -0.39 is 0 Å². The topological polar surface area (TPSA) is 74.2 Å². The quantitative estimate of drug-likeness (QED) is 0.714. The van der Waals surface area contributed by atoms with Gasteiger partial charge in [-0.1, -0.05) is 12.1 Å². The van der Waals surface area contributed by atoms with E-state index in [1.54, 1.807) is 15.9 Å². The monoisotopic (exact) mass is 397 g/mol. The molecule has 0 saturated carbocycles. The first-order valence-corrected chi connectivity index (χ1v) is 10.6. The number of hydrogen-bond donors (Lipinski definition) is 1. The number of imidazole rings is 1. The standard InChI is InChI=1S/C20H23N5O2S/c26-19(6-9-25-17-4-2-1-3-15(17)22-20(25)27)23-8-5-16-14(11-23)12-24(16)13-18-21-7-10-28-18/h1-4,7,10,14,16H,5-6,8-9,11-13H2,(H,22,27)/t14-,16-/m0/s1. The summed E-state index contributed by atoms with van der Waals surface area (Å²) >= 11 is 1.70. The highest BCUT2D eigenvalue weighted by Gasteiger charge is 2.43. The molecule has 5 rings (SSSR count). The predicted molar refractivity (Wildman–Crippen MR) is 108 cm³/mol. The number of nitrogens with zero attached hydrogens (tertiary/aromatic N) is 4. The number of thiazole rings is 1. The zero-order chi connectivity index (χ0) is 19.1. The van der Waals surface area contributed by atoms with Crippen molar-refractivity contribution in [3.63, 3.8) is 0 Å². The Morgan fingerprint density at radius 1 is 1.29 bits per heavy atom. The Labute approximate surface area is 166 Å². The molecule has 0 spiro atoms. The molecule has 0 aliphatic carbocycles. The lowest BCUT2D eigenvalue weighted by Gasteiger charge is -2.53. The summed E-state index contributed by atoms with van der Waals surface area (Å²) in [6.07, 6.45) is 3.24. The summed E-state index contributed by atoms with van der Waals surface area (Å²) in [7, 11) is 0. The lowest BCUT2D eigenvalue weighted by molar-refractivity contribution is -0.138. The number of likely N-dealkylation sites (tertiary alicyclic amines) is 2. The van der Waals surface area contributed by atoms with E-state index in [1.165, 1.54) is 5.01 Å². The Morgan fingerprint density at radius 2 is 2.18 bits per heavy atom. The van der Waals surface area contributed by atoms with Crippen LogP contribution in [0, 0.1) is 5.92 Å². The summed E-state index contributed by atoms with van der Waals surface area (Å²) in [5.74, 6) is 0.711. The minimum absolute atomic E-state index is 0.147. The largest absolute Gasteiger partial charge is 0.342 e. The molecule has 4 heterocycles. The molecule has 0 unspecified atom stereocenters. The smallest absolute Gasteiger partial charge is 0.326 e. The van der Waals surface area contributed by atoms with Crippen molar-refractivity contribution in [1.82, 2.24) is 24.3 Å². The van der Waals surface area contributed by atoms with Gasteiger partial charge in [-0.2, -0.15) is 0 Å². The van der Waals surface area contributed by atoms with Crippen molar-refractivity contribution in [1.29, 1.82) is 0 Å². The summed E-state index contributed by atoms with van der Waals surface area (Å²) in [4.78, 5) is 36.6. The van der Waals surface area contributed by atoms with Crippen molar-refractivity contribution < 1.29 is 4.79 Å². The van der Waals surface area contributed by atoms with Crippen molar-refractivity contribution in [3.8, 4) is 0 Å². The van der Waals surface area contributed by atoms with E-state index in [4.69, 9.17) is 0 Å². The van der Waals surface area contributed by atoms with Crippen molar-refractivity contribution in [3.05, 3.63) is 51.3 Å². The molecule has 28 heavy (non-hydrogen) atoms. The van der Waals surface area contributed by atoms with Crippen LogP contribution in [0.2, 0.25) is 0 Å². The number of carbonyl (C=O) groups excluding carboxylic acids is 1. The summed E-state index contributed by atoms with van der Waals surface area (Å²) in [6.45, 7) is 4.02. The van der Waals surface area contributed by atoms with Crippen LogP contribution in [-0.2, 0) is 17.9 Å². The van der Waals surface area contributed by atoms with Gasteiger partial charge >= 0.3 is 5.69 Å². The van der Waals surface area contributed by atoms with Gasteiger partial charge in [0, 0.05) is 56.1 Å². The number of benzene rings is 1. The maximum Gasteiger partial charge on any atom is 0.326 e. The number of fused-ring (bicyclic) bond motifs is 2. The fraction of sp³-hybridized carbons (Fsp3) is 0.450. The van der Waals surface area contributed by atoms with Crippen molar-refractivity contribution in [2.75, 3.05) is 19.6 Å². The van der Waals surface area contributed by atoms with Gasteiger partial charge in [-0.3, -0.25) is 14.3 Å². The SMILES string of the molecule is O=C(CCn1c(=O)[nH]c2ccccc21)N1CC[C@H]2[C@@H](C1)CN2Cc1nccs1. The molecule has 7 nitrogen and oxygen atoms in total. The second-order valence-electron chi connectivity index (χ2n) is 7.66. The third-order valence-electron chi connectivity index (χ3n) is 6.04. The van der Waals surface area contributed by atoms with E-state index in [2.05, 4.69) is 14.9 Å². The maximum atomic E-state index is 12.7. The van der Waals surface area contributed by atoms with Crippen LogP contribution in [0.5, 0.6) is 0 Å². The number of H-pyrrole nitrogens is 1. The highest BCUT2D eigenvalue weighted by Crippen LogP contribution is 2.34. The number of para-hydroxylation sites is 2. The van der Waals surface area contributed by atoms with Crippen LogP contribution in [0.1, 0.15) is 17.8 Å². The van der Waals surface area contributed by atoms with Crippen molar-refractivity contribution in [2.24, 2.45) is 5.92 Å². The molecule has 146 valence electrons.